The number of halogens is 1. The number of hydrogen-bond acceptors (Lipinski definition) is 5. The van der Waals surface area contributed by atoms with E-state index >= 15 is 0 Å². The van der Waals surface area contributed by atoms with Crippen LogP contribution in [0.3, 0.4) is 0 Å². The zero-order chi connectivity index (χ0) is 9.97. The summed E-state index contributed by atoms with van der Waals surface area (Å²) in [7, 11) is 0. The van der Waals surface area contributed by atoms with Gasteiger partial charge >= 0.3 is 0 Å². The van der Waals surface area contributed by atoms with Gasteiger partial charge in [-0.3, -0.25) is 4.79 Å². The van der Waals surface area contributed by atoms with Gasteiger partial charge in [0.05, 0.1) is 12.6 Å². The lowest BCUT2D eigenvalue weighted by Crippen LogP contribution is -2.52. The van der Waals surface area contributed by atoms with Crippen molar-refractivity contribution in [2.45, 2.75) is 25.9 Å². The molecular weight excluding hydrogens is 220 g/mol. The second-order valence-electron chi connectivity index (χ2n) is 3.25. The number of aryl methyl sites for hydroxylation is 1. The summed E-state index contributed by atoms with van der Waals surface area (Å²) in [6.07, 6.45) is 0.898. The Hall–Kier alpha value is -1.14. The molecule has 2 N–H and O–H groups in total. The zero-order valence-electron chi connectivity index (χ0n) is 8.32. The van der Waals surface area contributed by atoms with Crippen LogP contribution in [0.4, 0.5) is 0 Å². The SMILES string of the molecule is Cc1noc(CNC(=O)[C@H]2CCN2)n1.Cl. The number of nitrogens with one attached hydrogen (secondary N) is 2. The maximum Gasteiger partial charge on any atom is 0.246 e. The van der Waals surface area contributed by atoms with Crippen molar-refractivity contribution < 1.29 is 9.32 Å². The van der Waals surface area contributed by atoms with Crippen molar-refractivity contribution in [3.8, 4) is 0 Å². The first-order valence-corrected chi connectivity index (χ1v) is 4.56. The second kappa shape index (κ2) is 5.09. The fraction of sp³-hybridized carbons (Fsp3) is 0.625. The highest BCUT2D eigenvalue weighted by molar-refractivity contribution is 5.85. The number of carbonyl (C=O) groups excluding carboxylic acids is 1. The van der Waals surface area contributed by atoms with Crippen molar-refractivity contribution in [1.29, 1.82) is 0 Å². The third-order valence-electron chi connectivity index (χ3n) is 2.12. The summed E-state index contributed by atoms with van der Waals surface area (Å²) in [6.45, 7) is 2.96. The Balaban J connectivity index is 0.00000112. The highest BCUT2D eigenvalue weighted by atomic mass is 35.5. The lowest BCUT2D eigenvalue weighted by molar-refractivity contribution is -0.125. The van der Waals surface area contributed by atoms with Crippen molar-refractivity contribution >= 4 is 18.3 Å². The molecule has 1 amide bonds. The van der Waals surface area contributed by atoms with E-state index in [9.17, 15) is 4.79 Å². The molecule has 0 aromatic carbocycles. The first kappa shape index (κ1) is 11.9. The van der Waals surface area contributed by atoms with Gasteiger partial charge in [-0.2, -0.15) is 4.98 Å². The second-order valence-corrected chi connectivity index (χ2v) is 3.25. The van der Waals surface area contributed by atoms with Gasteiger partial charge < -0.3 is 15.2 Å². The number of amides is 1. The molecule has 84 valence electrons. The van der Waals surface area contributed by atoms with Crippen molar-refractivity contribution in [1.82, 2.24) is 20.8 Å². The van der Waals surface area contributed by atoms with Gasteiger partial charge in [-0.1, -0.05) is 5.16 Å². The number of nitrogens with zero attached hydrogens (tertiary/aromatic N) is 2. The maximum absolute atomic E-state index is 11.3. The Kier molecular flexibility index (Phi) is 4.05. The van der Waals surface area contributed by atoms with E-state index in [1.165, 1.54) is 0 Å². The van der Waals surface area contributed by atoms with Crippen molar-refractivity contribution in [3.63, 3.8) is 0 Å². The molecule has 7 heteroatoms. The molecule has 1 aliphatic heterocycles. The number of carbonyl (C=O) groups is 1. The molecule has 6 nitrogen and oxygen atoms in total. The van der Waals surface area contributed by atoms with Crippen LogP contribution >= 0.6 is 12.4 Å². The minimum Gasteiger partial charge on any atom is -0.346 e. The van der Waals surface area contributed by atoms with Gasteiger partial charge in [0.1, 0.15) is 0 Å². The van der Waals surface area contributed by atoms with E-state index in [4.69, 9.17) is 4.52 Å². The van der Waals surface area contributed by atoms with E-state index in [2.05, 4.69) is 20.8 Å². The van der Waals surface area contributed by atoms with Gasteiger partial charge in [0.15, 0.2) is 5.82 Å². The molecule has 2 heterocycles. The zero-order valence-corrected chi connectivity index (χ0v) is 9.13. The summed E-state index contributed by atoms with van der Waals surface area (Å²) >= 11 is 0. The predicted octanol–water partition coefficient (Wildman–Crippen LogP) is -0.222. The normalized spacial score (nSPS) is 18.9. The third-order valence-corrected chi connectivity index (χ3v) is 2.12. The minimum atomic E-state index is -0.0426. The molecule has 15 heavy (non-hydrogen) atoms. The van der Waals surface area contributed by atoms with Gasteiger partial charge in [0.2, 0.25) is 11.8 Å². The molecule has 1 atom stereocenters. The fourth-order valence-electron chi connectivity index (χ4n) is 1.21. The molecule has 0 saturated carbocycles. The van der Waals surface area contributed by atoms with Gasteiger partial charge in [0, 0.05) is 0 Å². The highest BCUT2D eigenvalue weighted by Crippen LogP contribution is 2.02. The summed E-state index contributed by atoms with van der Waals surface area (Å²) in [4.78, 5) is 15.3. The Morgan fingerprint density at radius 1 is 1.73 bits per heavy atom. The number of rotatable bonds is 3. The van der Waals surface area contributed by atoms with Crippen LogP contribution in [0.1, 0.15) is 18.1 Å². The fourth-order valence-corrected chi connectivity index (χ4v) is 1.21. The van der Waals surface area contributed by atoms with Crippen molar-refractivity contribution in [2.75, 3.05) is 6.54 Å². The molecule has 0 unspecified atom stereocenters. The van der Waals surface area contributed by atoms with E-state index in [0.717, 1.165) is 13.0 Å². The van der Waals surface area contributed by atoms with Crippen LogP contribution < -0.4 is 10.6 Å². The Morgan fingerprint density at radius 3 is 2.93 bits per heavy atom. The van der Waals surface area contributed by atoms with Crippen LogP contribution in [-0.2, 0) is 11.3 Å². The molecule has 1 saturated heterocycles. The molecule has 1 aliphatic rings. The number of aromatic nitrogens is 2. The Morgan fingerprint density at radius 2 is 2.47 bits per heavy atom. The lowest BCUT2D eigenvalue weighted by atomic mass is 10.1. The quantitative estimate of drug-likeness (QED) is 0.753. The molecule has 0 radical (unpaired) electrons. The molecule has 1 aromatic heterocycles. The topological polar surface area (TPSA) is 80.0 Å². The third kappa shape index (κ3) is 2.90. The van der Waals surface area contributed by atoms with Crippen LogP contribution in [0, 0.1) is 6.92 Å². The van der Waals surface area contributed by atoms with Gasteiger partial charge in [0.25, 0.3) is 0 Å². The summed E-state index contributed by atoms with van der Waals surface area (Å²) in [6, 6.07) is -0.0426. The first-order valence-electron chi connectivity index (χ1n) is 4.56. The standard InChI is InChI=1S/C8H12N4O2.ClH/c1-5-11-7(14-12-5)4-10-8(13)6-2-3-9-6;/h6,9H,2-4H2,1H3,(H,10,13);1H/t6-;/m1./s1. The average Bonchev–Trinajstić information content (AvgIpc) is 2.45. The average molecular weight is 233 g/mol. The Bertz CT molecular complexity index is 337. The van der Waals surface area contributed by atoms with E-state index in [-0.39, 0.29) is 24.4 Å². The summed E-state index contributed by atoms with van der Waals surface area (Å²) in [5.41, 5.74) is 0. The smallest absolute Gasteiger partial charge is 0.246 e. The van der Waals surface area contributed by atoms with E-state index in [1.807, 2.05) is 0 Å². The summed E-state index contributed by atoms with van der Waals surface area (Å²) in [5.74, 6) is 1.01. The maximum atomic E-state index is 11.3. The molecule has 1 aromatic rings. The largest absolute Gasteiger partial charge is 0.346 e. The molecular formula is C8H13ClN4O2. The van der Waals surface area contributed by atoms with Gasteiger partial charge in [-0.25, -0.2) is 0 Å². The molecule has 0 bridgehead atoms. The molecule has 1 fully saturated rings. The monoisotopic (exact) mass is 232 g/mol. The van der Waals surface area contributed by atoms with E-state index in [0.29, 0.717) is 18.3 Å². The predicted molar refractivity (Wildman–Crippen MR) is 54.5 cm³/mol. The van der Waals surface area contributed by atoms with E-state index < -0.39 is 0 Å². The number of hydrogen-bond donors (Lipinski definition) is 2. The van der Waals surface area contributed by atoms with Crippen LogP contribution in [0.25, 0.3) is 0 Å². The molecule has 0 spiro atoms. The summed E-state index contributed by atoms with van der Waals surface area (Å²) < 4.78 is 4.85. The van der Waals surface area contributed by atoms with Crippen LogP contribution in [0.2, 0.25) is 0 Å². The van der Waals surface area contributed by atoms with Gasteiger partial charge in [-0.15, -0.1) is 12.4 Å². The Labute approximate surface area is 93.2 Å². The first-order chi connectivity index (χ1) is 6.75. The van der Waals surface area contributed by atoms with Crippen LogP contribution in [0.15, 0.2) is 4.52 Å². The highest BCUT2D eigenvalue weighted by Gasteiger charge is 2.24. The lowest BCUT2D eigenvalue weighted by Gasteiger charge is -2.25. The van der Waals surface area contributed by atoms with Crippen molar-refractivity contribution in [2.24, 2.45) is 0 Å². The summed E-state index contributed by atoms with van der Waals surface area (Å²) in [5, 5.41) is 9.35. The molecule has 0 aliphatic carbocycles. The minimum absolute atomic E-state index is 0. The van der Waals surface area contributed by atoms with Crippen molar-refractivity contribution in [3.05, 3.63) is 11.7 Å². The molecule has 2 rings (SSSR count). The van der Waals surface area contributed by atoms with Gasteiger partial charge in [-0.05, 0) is 19.9 Å². The van der Waals surface area contributed by atoms with E-state index in [1.54, 1.807) is 6.92 Å². The van der Waals surface area contributed by atoms with Crippen LogP contribution in [0.5, 0.6) is 0 Å². The van der Waals surface area contributed by atoms with Crippen LogP contribution in [-0.4, -0.2) is 28.6 Å².